The first-order valence-electron chi connectivity index (χ1n) is 8.80. The molecule has 5 rings (SSSR count). The third-order valence-corrected chi connectivity index (χ3v) is 6.13. The summed E-state index contributed by atoms with van der Waals surface area (Å²) in [4.78, 5) is 29.2. The number of carbonyl (C=O) groups excluding carboxylic acids is 2. The Hall–Kier alpha value is -1.63. The smallest absolute Gasteiger partial charge is 0.240 e. The molecule has 4 saturated heterocycles. The van der Waals surface area contributed by atoms with Crippen molar-refractivity contribution in [3.8, 4) is 0 Å². The quantitative estimate of drug-likeness (QED) is 0.751. The van der Waals surface area contributed by atoms with E-state index in [1.54, 1.807) is 6.07 Å². The van der Waals surface area contributed by atoms with E-state index in [0.717, 1.165) is 31.6 Å². The Kier molecular flexibility index (Phi) is 3.55. The Morgan fingerprint density at radius 2 is 1.64 bits per heavy atom. The third kappa shape index (κ3) is 2.24. The molecule has 0 aliphatic carbocycles. The van der Waals surface area contributed by atoms with Crippen LogP contribution in [0.3, 0.4) is 0 Å². The van der Waals surface area contributed by atoms with Crippen LogP contribution in [0.25, 0.3) is 0 Å². The number of benzene rings is 1. The first-order valence-corrected chi connectivity index (χ1v) is 9.18. The summed E-state index contributed by atoms with van der Waals surface area (Å²) >= 11 is 6.47. The van der Waals surface area contributed by atoms with Gasteiger partial charge in [-0.2, -0.15) is 0 Å². The maximum atomic E-state index is 12.8. The van der Waals surface area contributed by atoms with Crippen LogP contribution in [-0.2, 0) is 19.1 Å². The van der Waals surface area contributed by atoms with Gasteiger partial charge < -0.3 is 14.4 Å². The van der Waals surface area contributed by atoms with Gasteiger partial charge in [-0.15, -0.1) is 0 Å². The molecule has 0 N–H and O–H groups in total. The van der Waals surface area contributed by atoms with Crippen LogP contribution in [0.1, 0.15) is 12.8 Å². The Morgan fingerprint density at radius 3 is 2.24 bits per heavy atom. The number of carbonyl (C=O) groups is 2. The molecule has 7 heteroatoms. The van der Waals surface area contributed by atoms with Gasteiger partial charge in [-0.25, -0.2) is 4.90 Å². The molecule has 4 heterocycles. The van der Waals surface area contributed by atoms with Crippen LogP contribution in [0.2, 0.25) is 5.02 Å². The molecule has 1 aromatic rings. The summed E-state index contributed by atoms with van der Waals surface area (Å²) in [6.07, 6.45) is 1.55. The monoisotopic (exact) mass is 362 g/mol. The van der Waals surface area contributed by atoms with Gasteiger partial charge in [-0.3, -0.25) is 9.59 Å². The first kappa shape index (κ1) is 15.6. The van der Waals surface area contributed by atoms with Crippen molar-refractivity contribution >= 4 is 34.8 Å². The molecule has 2 bridgehead atoms. The van der Waals surface area contributed by atoms with E-state index in [1.807, 2.05) is 12.1 Å². The van der Waals surface area contributed by atoms with Gasteiger partial charge in [0.25, 0.3) is 0 Å². The highest BCUT2D eigenvalue weighted by molar-refractivity contribution is 6.34. The minimum absolute atomic E-state index is 0.0976. The van der Waals surface area contributed by atoms with Gasteiger partial charge in [0.15, 0.2) is 0 Å². The molecular formula is C18H19ClN2O4. The van der Waals surface area contributed by atoms with Crippen LogP contribution in [-0.4, -0.2) is 50.3 Å². The highest BCUT2D eigenvalue weighted by atomic mass is 35.5. The molecule has 0 aromatic heterocycles. The fourth-order valence-electron chi connectivity index (χ4n) is 4.66. The minimum Gasteiger partial charge on any atom is -0.378 e. The van der Waals surface area contributed by atoms with Crippen molar-refractivity contribution in [3.05, 3.63) is 23.2 Å². The normalized spacial score (nSPS) is 34.1. The van der Waals surface area contributed by atoms with Gasteiger partial charge in [0.2, 0.25) is 11.8 Å². The number of fused-ring (bicyclic) bond motifs is 5. The minimum atomic E-state index is -0.316. The Labute approximate surface area is 150 Å². The number of hydrogen-bond donors (Lipinski definition) is 0. The molecule has 0 radical (unpaired) electrons. The maximum Gasteiger partial charge on any atom is 0.240 e. The second-order valence-electron chi connectivity index (χ2n) is 7.09. The number of nitrogens with zero attached hydrogens (tertiary/aromatic N) is 2. The Balaban J connectivity index is 1.45. The van der Waals surface area contributed by atoms with Gasteiger partial charge in [0.1, 0.15) is 0 Å². The SMILES string of the molecule is O=C1[C@@H]2[C@H](C(=O)N1c1ccc(N3CCOCC3)c(Cl)c1)[C@H]1CC[C@@H]2O1. The van der Waals surface area contributed by atoms with Crippen molar-refractivity contribution in [1.29, 1.82) is 0 Å². The van der Waals surface area contributed by atoms with Crippen LogP contribution in [0, 0.1) is 11.8 Å². The van der Waals surface area contributed by atoms with E-state index >= 15 is 0 Å². The predicted octanol–water partition coefficient (Wildman–Crippen LogP) is 1.84. The summed E-state index contributed by atoms with van der Waals surface area (Å²) in [5.74, 6) is -0.914. The standard InChI is InChI=1S/C18H19ClN2O4/c19-11-9-10(1-2-12(11)20-5-7-24-8-6-20)21-17(22)15-13-3-4-14(25-13)16(15)18(21)23/h1-2,9,13-16H,3-8H2/t13-,14+,15-,16+. The fourth-order valence-corrected chi connectivity index (χ4v) is 4.96. The number of morpholine rings is 1. The Bertz CT molecular complexity index is 721. The Morgan fingerprint density at radius 1 is 1.00 bits per heavy atom. The molecular weight excluding hydrogens is 344 g/mol. The lowest BCUT2D eigenvalue weighted by Crippen LogP contribution is -2.36. The second kappa shape index (κ2) is 5.69. The zero-order valence-electron chi connectivity index (χ0n) is 13.7. The van der Waals surface area contributed by atoms with Crippen molar-refractivity contribution in [2.45, 2.75) is 25.0 Å². The molecule has 1 aromatic carbocycles. The second-order valence-corrected chi connectivity index (χ2v) is 7.50. The van der Waals surface area contributed by atoms with Crippen molar-refractivity contribution in [2.75, 3.05) is 36.1 Å². The van der Waals surface area contributed by atoms with Gasteiger partial charge in [0, 0.05) is 13.1 Å². The molecule has 0 saturated carbocycles. The first-order chi connectivity index (χ1) is 12.1. The van der Waals surface area contributed by atoms with Crippen molar-refractivity contribution in [1.82, 2.24) is 0 Å². The van der Waals surface area contributed by atoms with E-state index in [1.165, 1.54) is 4.90 Å². The van der Waals surface area contributed by atoms with Gasteiger partial charge >= 0.3 is 0 Å². The van der Waals surface area contributed by atoms with E-state index in [0.29, 0.717) is 23.9 Å². The lowest BCUT2D eigenvalue weighted by molar-refractivity contribution is -0.124. The van der Waals surface area contributed by atoms with Crippen molar-refractivity contribution < 1.29 is 19.1 Å². The van der Waals surface area contributed by atoms with E-state index < -0.39 is 0 Å². The lowest BCUT2D eigenvalue weighted by atomic mass is 9.81. The summed E-state index contributed by atoms with van der Waals surface area (Å²) < 4.78 is 11.1. The highest BCUT2D eigenvalue weighted by Crippen LogP contribution is 2.49. The molecule has 6 nitrogen and oxygen atoms in total. The van der Waals surface area contributed by atoms with Crippen LogP contribution >= 0.6 is 11.6 Å². The lowest BCUT2D eigenvalue weighted by Gasteiger charge is -2.30. The number of anilines is 2. The van der Waals surface area contributed by atoms with E-state index in [4.69, 9.17) is 21.1 Å². The molecule has 2 amide bonds. The van der Waals surface area contributed by atoms with Crippen molar-refractivity contribution in [2.24, 2.45) is 11.8 Å². The highest BCUT2D eigenvalue weighted by Gasteiger charge is 2.62. The number of imide groups is 1. The van der Waals surface area contributed by atoms with Crippen LogP contribution in [0.5, 0.6) is 0 Å². The van der Waals surface area contributed by atoms with Gasteiger partial charge in [-0.05, 0) is 31.0 Å². The number of ether oxygens (including phenoxy) is 2. The fraction of sp³-hybridized carbons (Fsp3) is 0.556. The number of amides is 2. The largest absolute Gasteiger partial charge is 0.378 e. The number of hydrogen-bond acceptors (Lipinski definition) is 5. The zero-order valence-corrected chi connectivity index (χ0v) is 14.4. The van der Waals surface area contributed by atoms with Gasteiger partial charge in [-0.1, -0.05) is 11.6 Å². The third-order valence-electron chi connectivity index (χ3n) is 5.83. The van der Waals surface area contributed by atoms with E-state index in [9.17, 15) is 9.59 Å². The average Bonchev–Trinajstić information content (AvgIpc) is 3.30. The molecule has 4 aliphatic heterocycles. The molecule has 4 fully saturated rings. The topological polar surface area (TPSA) is 59.1 Å². The maximum absolute atomic E-state index is 12.8. The number of rotatable bonds is 2. The summed E-state index contributed by atoms with van der Waals surface area (Å²) in [5, 5.41) is 0.552. The molecule has 4 aliphatic rings. The summed E-state index contributed by atoms with van der Waals surface area (Å²) in [7, 11) is 0. The number of halogens is 1. The van der Waals surface area contributed by atoms with Crippen LogP contribution in [0.15, 0.2) is 18.2 Å². The van der Waals surface area contributed by atoms with Crippen molar-refractivity contribution in [3.63, 3.8) is 0 Å². The predicted molar refractivity (Wildman–Crippen MR) is 91.9 cm³/mol. The molecule has 4 atom stereocenters. The van der Waals surface area contributed by atoms with Crippen LogP contribution in [0.4, 0.5) is 11.4 Å². The molecule has 25 heavy (non-hydrogen) atoms. The average molecular weight is 363 g/mol. The summed E-state index contributed by atoms with van der Waals surface area (Å²) in [6, 6.07) is 5.44. The van der Waals surface area contributed by atoms with Gasteiger partial charge in [0.05, 0.1) is 53.7 Å². The molecule has 0 spiro atoms. The molecule has 0 unspecified atom stereocenters. The van der Waals surface area contributed by atoms with Crippen LogP contribution < -0.4 is 9.80 Å². The van der Waals surface area contributed by atoms with E-state index in [-0.39, 0.29) is 35.9 Å². The summed E-state index contributed by atoms with van der Waals surface area (Å²) in [5.41, 5.74) is 1.47. The zero-order chi connectivity index (χ0) is 17.1. The summed E-state index contributed by atoms with van der Waals surface area (Å²) in [6.45, 7) is 2.91. The molecule has 132 valence electrons. The van der Waals surface area contributed by atoms with E-state index in [2.05, 4.69) is 4.90 Å².